The number of hydrogen-bond donors (Lipinski definition) is 0. The molecule has 0 atom stereocenters. The Bertz CT molecular complexity index is 579. The molecule has 1 saturated heterocycles. The van der Waals surface area contributed by atoms with Gasteiger partial charge in [-0.05, 0) is 82.5 Å². The predicted octanol–water partition coefficient (Wildman–Crippen LogP) is 3.84. The summed E-state index contributed by atoms with van der Waals surface area (Å²) < 4.78 is 0. The standard InChI is InChI=1S/C20H29N3O/c1-14(2)20-21-12-18(13-22-20)17-8-10-23(11-9-17)19-6-4-16(5-7-19)15(3)24/h12-13,16-17,19H,1,4-11H2,2-3H3. The number of Topliss-reactive ketones (excluding diaryl/α,β-unsaturated/α-hetero) is 1. The van der Waals surface area contributed by atoms with Gasteiger partial charge in [0.15, 0.2) is 5.82 Å². The molecule has 3 rings (SSSR count). The van der Waals surface area contributed by atoms with Crippen molar-refractivity contribution in [1.29, 1.82) is 0 Å². The van der Waals surface area contributed by atoms with Crippen LogP contribution in [0.4, 0.5) is 0 Å². The van der Waals surface area contributed by atoms with Crippen LogP contribution in [0.3, 0.4) is 0 Å². The average Bonchev–Trinajstić information content (AvgIpc) is 2.62. The highest BCUT2D eigenvalue weighted by atomic mass is 16.1. The smallest absolute Gasteiger partial charge is 0.154 e. The molecule has 0 N–H and O–H groups in total. The third-order valence-electron chi connectivity index (χ3n) is 5.84. The van der Waals surface area contributed by atoms with Crippen molar-refractivity contribution in [3.63, 3.8) is 0 Å². The van der Waals surface area contributed by atoms with E-state index in [0.29, 0.717) is 23.7 Å². The fraction of sp³-hybridized carbons (Fsp3) is 0.650. The van der Waals surface area contributed by atoms with Crippen molar-refractivity contribution in [2.75, 3.05) is 13.1 Å². The first-order valence-electron chi connectivity index (χ1n) is 9.27. The topological polar surface area (TPSA) is 46.1 Å². The van der Waals surface area contributed by atoms with E-state index < -0.39 is 0 Å². The van der Waals surface area contributed by atoms with E-state index in [1.807, 2.05) is 19.3 Å². The van der Waals surface area contributed by atoms with Crippen LogP contribution in [0.25, 0.3) is 5.57 Å². The van der Waals surface area contributed by atoms with Gasteiger partial charge in [0.05, 0.1) is 0 Å². The minimum absolute atomic E-state index is 0.322. The summed E-state index contributed by atoms with van der Waals surface area (Å²) in [5, 5.41) is 0. The van der Waals surface area contributed by atoms with E-state index in [9.17, 15) is 4.79 Å². The summed E-state index contributed by atoms with van der Waals surface area (Å²) in [6.07, 6.45) is 10.9. The zero-order valence-electron chi connectivity index (χ0n) is 15.0. The predicted molar refractivity (Wildman–Crippen MR) is 96.7 cm³/mol. The molecule has 1 aromatic rings. The van der Waals surface area contributed by atoms with Crippen molar-refractivity contribution in [1.82, 2.24) is 14.9 Å². The van der Waals surface area contributed by atoms with Crippen molar-refractivity contribution in [3.05, 3.63) is 30.4 Å². The summed E-state index contributed by atoms with van der Waals surface area (Å²) in [5.74, 6) is 2.03. The number of likely N-dealkylation sites (tertiary alicyclic amines) is 1. The van der Waals surface area contributed by atoms with E-state index in [1.165, 1.54) is 31.2 Å². The number of nitrogens with zero attached hydrogens (tertiary/aromatic N) is 3. The van der Waals surface area contributed by atoms with Gasteiger partial charge in [-0.1, -0.05) is 6.58 Å². The summed E-state index contributed by atoms with van der Waals surface area (Å²) in [6.45, 7) is 9.89. The monoisotopic (exact) mass is 327 g/mol. The van der Waals surface area contributed by atoms with E-state index in [4.69, 9.17) is 0 Å². The molecule has 4 nitrogen and oxygen atoms in total. The molecule has 0 spiro atoms. The Morgan fingerprint density at radius 2 is 1.62 bits per heavy atom. The molecule has 24 heavy (non-hydrogen) atoms. The number of ketones is 1. The van der Waals surface area contributed by atoms with Gasteiger partial charge in [0, 0.05) is 24.4 Å². The van der Waals surface area contributed by atoms with E-state index in [0.717, 1.165) is 37.3 Å². The lowest BCUT2D eigenvalue weighted by atomic mass is 9.82. The molecule has 0 bridgehead atoms. The molecule has 1 saturated carbocycles. The van der Waals surface area contributed by atoms with Gasteiger partial charge in [0.1, 0.15) is 5.78 Å². The van der Waals surface area contributed by atoms with Gasteiger partial charge in [-0.15, -0.1) is 0 Å². The fourth-order valence-corrected chi connectivity index (χ4v) is 4.21. The first-order chi connectivity index (χ1) is 11.5. The Kier molecular flexibility index (Phi) is 5.44. The van der Waals surface area contributed by atoms with Gasteiger partial charge in [-0.25, -0.2) is 9.97 Å². The third-order valence-corrected chi connectivity index (χ3v) is 5.84. The molecule has 2 fully saturated rings. The number of carbonyl (C=O) groups excluding carboxylic acids is 1. The van der Waals surface area contributed by atoms with Crippen LogP contribution in [-0.2, 0) is 4.79 Å². The van der Waals surface area contributed by atoms with Crippen LogP contribution in [-0.4, -0.2) is 39.8 Å². The zero-order chi connectivity index (χ0) is 17.1. The highest BCUT2D eigenvalue weighted by molar-refractivity contribution is 5.78. The van der Waals surface area contributed by atoms with Crippen LogP contribution in [0.2, 0.25) is 0 Å². The van der Waals surface area contributed by atoms with Crippen molar-refractivity contribution in [2.24, 2.45) is 5.92 Å². The summed E-state index contributed by atoms with van der Waals surface area (Å²) in [5.41, 5.74) is 2.18. The van der Waals surface area contributed by atoms with Gasteiger partial charge < -0.3 is 4.90 Å². The number of allylic oxidation sites excluding steroid dienone is 1. The molecule has 1 aliphatic heterocycles. The second-order valence-electron chi connectivity index (χ2n) is 7.55. The maximum Gasteiger partial charge on any atom is 0.154 e. The number of rotatable bonds is 4. The van der Waals surface area contributed by atoms with E-state index in [2.05, 4.69) is 21.4 Å². The summed E-state index contributed by atoms with van der Waals surface area (Å²) in [7, 11) is 0. The van der Waals surface area contributed by atoms with E-state index >= 15 is 0 Å². The normalized spacial score (nSPS) is 26.2. The number of hydrogen-bond acceptors (Lipinski definition) is 4. The van der Waals surface area contributed by atoms with Crippen LogP contribution < -0.4 is 0 Å². The maximum absolute atomic E-state index is 11.5. The molecule has 130 valence electrons. The van der Waals surface area contributed by atoms with Crippen LogP contribution in [0.15, 0.2) is 19.0 Å². The second-order valence-corrected chi connectivity index (χ2v) is 7.55. The van der Waals surface area contributed by atoms with Crippen molar-refractivity contribution >= 4 is 11.4 Å². The second kappa shape index (κ2) is 7.56. The maximum atomic E-state index is 11.5. The Morgan fingerprint density at radius 3 is 2.12 bits per heavy atom. The summed E-state index contributed by atoms with van der Waals surface area (Å²) in [4.78, 5) is 23.0. The average molecular weight is 327 g/mol. The summed E-state index contributed by atoms with van der Waals surface area (Å²) in [6, 6.07) is 0.684. The van der Waals surface area contributed by atoms with Crippen molar-refractivity contribution < 1.29 is 4.79 Å². The zero-order valence-corrected chi connectivity index (χ0v) is 15.0. The van der Waals surface area contributed by atoms with Gasteiger partial charge >= 0.3 is 0 Å². The van der Waals surface area contributed by atoms with Crippen LogP contribution in [0.5, 0.6) is 0 Å². The minimum Gasteiger partial charge on any atom is -0.300 e. The summed E-state index contributed by atoms with van der Waals surface area (Å²) >= 11 is 0. The first-order valence-corrected chi connectivity index (χ1v) is 9.27. The lowest BCUT2D eigenvalue weighted by molar-refractivity contribution is -0.122. The van der Waals surface area contributed by atoms with E-state index in [1.54, 1.807) is 6.92 Å². The molecular formula is C20H29N3O. The first kappa shape index (κ1) is 17.3. The van der Waals surface area contributed by atoms with Crippen LogP contribution >= 0.6 is 0 Å². The lowest BCUT2D eigenvalue weighted by Gasteiger charge is -2.40. The quantitative estimate of drug-likeness (QED) is 0.843. The number of aromatic nitrogens is 2. The number of piperidine rings is 1. The molecular weight excluding hydrogens is 298 g/mol. The van der Waals surface area contributed by atoms with Crippen LogP contribution in [0.1, 0.15) is 69.7 Å². The molecule has 1 aliphatic carbocycles. The van der Waals surface area contributed by atoms with Crippen LogP contribution in [0, 0.1) is 5.92 Å². The van der Waals surface area contributed by atoms with Gasteiger partial charge in [0.25, 0.3) is 0 Å². The molecule has 2 aliphatic rings. The van der Waals surface area contributed by atoms with Gasteiger partial charge in [-0.3, -0.25) is 4.79 Å². The molecule has 0 aromatic carbocycles. The molecule has 2 heterocycles. The largest absolute Gasteiger partial charge is 0.300 e. The molecule has 0 unspecified atom stereocenters. The van der Waals surface area contributed by atoms with Crippen molar-refractivity contribution in [2.45, 2.75) is 64.3 Å². The highest BCUT2D eigenvalue weighted by Crippen LogP contribution is 2.33. The third kappa shape index (κ3) is 3.92. The molecule has 0 radical (unpaired) electrons. The lowest BCUT2D eigenvalue weighted by Crippen LogP contribution is -2.43. The molecule has 4 heteroatoms. The number of carbonyl (C=O) groups is 1. The van der Waals surface area contributed by atoms with Crippen molar-refractivity contribution in [3.8, 4) is 0 Å². The van der Waals surface area contributed by atoms with Gasteiger partial charge in [-0.2, -0.15) is 0 Å². The SMILES string of the molecule is C=C(C)c1ncc(C2CCN(C3CCC(C(C)=O)CC3)CC2)cn1. The Labute approximate surface area is 145 Å². The molecule has 1 aromatic heterocycles. The van der Waals surface area contributed by atoms with Gasteiger partial charge in [0.2, 0.25) is 0 Å². The Hall–Kier alpha value is -1.55. The molecule has 0 amide bonds. The fourth-order valence-electron chi connectivity index (χ4n) is 4.21. The Balaban J connectivity index is 1.51. The van der Waals surface area contributed by atoms with E-state index in [-0.39, 0.29) is 0 Å². The Morgan fingerprint density at radius 1 is 1.04 bits per heavy atom. The minimum atomic E-state index is 0.322. The highest BCUT2D eigenvalue weighted by Gasteiger charge is 2.30.